The number of carbonyl (C=O) groups is 2. The van der Waals surface area contributed by atoms with E-state index in [0.29, 0.717) is 42.3 Å². The second kappa shape index (κ2) is 12.6. The van der Waals surface area contributed by atoms with Crippen molar-refractivity contribution >= 4 is 91.7 Å². The highest BCUT2D eigenvalue weighted by molar-refractivity contribution is 9.10. The Kier molecular flexibility index (Phi) is 9.40. The third-order valence-electron chi connectivity index (χ3n) is 5.68. The Balaban J connectivity index is 1.69. The molecule has 0 N–H and O–H groups in total. The minimum Gasteiger partial charge on any atom is -0.493 e. The Morgan fingerprint density at radius 2 is 1.72 bits per heavy atom. The highest BCUT2D eigenvalue weighted by Gasteiger charge is 2.40. The van der Waals surface area contributed by atoms with Gasteiger partial charge in [-0.05, 0) is 88.3 Å². The largest absolute Gasteiger partial charge is 0.493 e. The van der Waals surface area contributed by atoms with Gasteiger partial charge < -0.3 is 19.1 Å². The van der Waals surface area contributed by atoms with Crippen LogP contribution in [-0.2, 0) is 20.9 Å². The summed E-state index contributed by atoms with van der Waals surface area (Å²) < 4.78 is 17.0. The zero-order valence-corrected chi connectivity index (χ0v) is 25.2. The minimum absolute atomic E-state index is 0.129. The molecule has 1 amide bonds. The number of methoxy groups -OCH3 is 2. The van der Waals surface area contributed by atoms with E-state index in [-0.39, 0.29) is 24.0 Å². The van der Waals surface area contributed by atoms with E-state index in [1.807, 2.05) is 0 Å². The fraction of sp³-hybridized carbons (Fsp3) is 0.148. The number of halogens is 4. The van der Waals surface area contributed by atoms with Crippen LogP contribution in [0.4, 0.5) is 5.69 Å². The number of hydrogen-bond donors (Lipinski definition) is 0. The number of esters is 1. The van der Waals surface area contributed by atoms with Crippen LogP contribution in [0.2, 0.25) is 15.1 Å². The quantitative estimate of drug-likeness (QED) is 0.143. The zero-order chi connectivity index (χ0) is 28.3. The van der Waals surface area contributed by atoms with E-state index in [4.69, 9.17) is 61.2 Å². The van der Waals surface area contributed by atoms with Crippen LogP contribution in [0.1, 0.15) is 11.1 Å². The summed E-state index contributed by atoms with van der Waals surface area (Å²) in [6.45, 7) is -0.0839. The summed E-state index contributed by atoms with van der Waals surface area (Å²) in [6, 6.07) is 15.2. The van der Waals surface area contributed by atoms with Crippen LogP contribution in [0.5, 0.6) is 11.5 Å². The van der Waals surface area contributed by atoms with E-state index in [2.05, 4.69) is 15.9 Å². The molecule has 0 saturated carbocycles. The maximum atomic E-state index is 13.6. The molecule has 0 aliphatic carbocycles. The highest BCUT2D eigenvalue weighted by Crippen LogP contribution is 2.39. The molecule has 1 saturated heterocycles. The van der Waals surface area contributed by atoms with Gasteiger partial charge in [0.2, 0.25) is 0 Å². The fourth-order valence-corrected chi connectivity index (χ4v) is 5.27. The Bertz CT molecular complexity index is 1480. The lowest BCUT2D eigenvalue weighted by Crippen LogP contribution is -2.35. The van der Waals surface area contributed by atoms with Crippen LogP contribution in [0, 0.1) is 0 Å². The first-order valence-electron chi connectivity index (χ1n) is 11.3. The first-order valence-corrected chi connectivity index (χ1v) is 13.6. The number of carbonyl (C=O) groups excluding carboxylic acids is 2. The SMILES string of the molecule is COC(=O)CN1C(=S)N(c2ccc(Cl)cc2)C(=O)/C1=C/c1cc(Br)c(OCc2ccc(Cl)cc2Cl)c(OC)c1. The Morgan fingerprint density at radius 3 is 2.36 bits per heavy atom. The van der Waals surface area contributed by atoms with Gasteiger partial charge in [-0.25, -0.2) is 0 Å². The van der Waals surface area contributed by atoms with Crippen LogP contribution in [0.15, 0.2) is 64.8 Å². The number of anilines is 1. The van der Waals surface area contributed by atoms with E-state index in [0.717, 1.165) is 5.56 Å². The predicted octanol–water partition coefficient (Wildman–Crippen LogP) is 7.14. The van der Waals surface area contributed by atoms with E-state index in [1.165, 1.54) is 24.0 Å². The average Bonchev–Trinajstić information content (AvgIpc) is 3.13. The van der Waals surface area contributed by atoms with Crippen LogP contribution < -0.4 is 14.4 Å². The topological polar surface area (TPSA) is 68.3 Å². The maximum absolute atomic E-state index is 13.6. The average molecular weight is 671 g/mol. The lowest BCUT2D eigenvalue weighted by Gasteiger charge is -2.19. The molecule has 39 heavy (non-hydrogen) atoms. The number of amides is 1. The fourth-order valence-electron chi connectivity index (χ4n) is 3.75. The molecule has 3 aromatic carbocycles. The molecule has 4 rings (SSSR count). The van der Waals surface area contributed by atoms with Gasteiger partial charge in [0.05, 0.1) is 24.4 Å². The number of nitrogens with zero attached hydrogens (tertiary/aromatic N) is 2. The summed E-state index contributed by atoms with van der Waals surface area (Å²) in [4.78, 5) is 28.5. The molecule has 1 aliphatic heterocycles. The van der Waals surface area contributed by atoms with Crippen LogP contribution in [0.3, 0.4) is 0 Å². The van der Waals surface area contributed by atoms with Crippen molar-refractivity contribution in [3.05, 3.63) is 91.0 Å². The second-order valence-electron chi connectivity index (χ2n) is 8.15. The van der Waals surface area contributed by atoms with Crippen molar-refractivity contribution in [1.82, 2.24) is 4.90 Å². The second-order valence-corrected chi connectivity index (χ2v) is 10.6. The summed E-state index contributed by atoms with van der Waals surface area (Å²) in [6.07, 6.45) is 1.61. The molecule has 0 spiro atoms. The molecule has 0 atom stereocenters. The van der Waals surface area contributed by atoms with Crippen molar-refractivity contribution in [2.45, 2.75) is 6.61 Å². The Labute approximate surface area is 253 Å². The van der Waals surface area contributed by atoms with Crippen LogP contribution in [-0.4, -0.2) is 42.7 Å². The van der Waals surface area contributed by atoms with Crippen LogP contribution >= 0.6 is 63.0 Å². The monoisotopic (exact) mass is 668 g/mol. The lowest BCUT2D eigenvalue weighted by molar-refractivity contribution is -0.140. The summed E-state index contributed by atoms with van der Waals surface area (Å²) in [5, 5.41) is 1.64. The molecular weight excluding hydrogens is 651 g/mol. The molecule has 0 radical (unpaired) electrons. The van der Waals surface area contributed by atoms with Gasteiger partial charge in [-0.2, -0.15) is 0 Å². The van der Waals surface area contributed by atoms with Gasteiger partial charge in [-0.3, -0.25) is 14.5 Å². The molecule has 0 unspecified atom stereocenters. The van der Waals surface area contributed by atoms with Crippen molar-refractivity contribution in [2.75, 3.05) is 25.7 Å². The third kappa shape index (κ3) is 6.50. The highest BCUT2D eigenvalue weighted by atomic mass is 79.9. The maximum Gasteiger partial charge on any atom is 0.325 e. The van der Waals surface area contributed by atoms with Crippen molar-refractivity contribution in [3.8, 4) is 11.5 Å². The van der Waals surface area contributed by atoms with Crippen LogP contribution in [0.25, 0.3) is 6.08 Å². The van der Waals surface area contributed by atoms with Gasteiger partial charge >= 0.3 is 5.97 Å². The van der Waals surface area contributed by atoms with E-state index >= 15 is 0 Å². The van der Waals surface area contributed by atoms with Gasteiger partial charge in [0.1, 0.15) is 18.8 Å². The first-order chi connectivity index (χ1) is 18.6. The standard InChI is InChI=1S/C27H20BrCl3N2O5S/c1-36-23-11-15(9-20(28)25(23)38-14-16-3-4-18(30)12-21(16)31)10-22-26(35)33(19-7-5-17(29)6-8-19)27(39)32(22)13-24(34)37-2/h3-12H,13-14H2,1-2H3/b22-10-. The molecule has 1 aliphatic rings. The smallest absolute Gasteiger partial charge is 0.325 e. The lowest BCUT2D eigenvalue weighted by atomic mass is 10.1. The molecule has 12 heteroatoms. The number of benzene rings is 3. The van der Waals surface area contributed by atoms with Gasteiger partial charge in [0.25, 0.3) is 5.91 Å². The molecule has 7 nitrogen and oxygen atoms in total. The molecule has 0 aromatic heterocycles. The number of thiocarbonyl (C=S) groups is 1. The zero-order valence-electron chi connectivity index (χ0n) is 20.5. The number of rotatable bonds is 8. The summed E-state index contributed by atoms with van der Waals surface area (Å²) in [5.41, 5.74) is 2.02. The summed E-state index contributed by atoms with van der Waals surface area (Å²) in [5.74, 6) is -0.132. The van der Waals surface area contributed by atoms with Gasteiger partial charge in [-0.1, -0.05) is 40.9 Å². The normalized spacial score (nSPS) is 14.3. The Hall–Kier alpha value is -2.82. The van der Waals surface area contributed by atoms with Gasteiger partial charge in [0, 0.05) is 20.6 Å². The molecule has 3 aromatic rings. The van der Waals surface area contributed by atoms with E-state index in [1.54, 1.807) is 60.7 Å². The molecular formula is C27H20BrCl3N2O5S. The molecule has 202 valence electrons. The first kappa shape index (κ1) is 29.2. The van der Waals surface area contributed by atoms with Crippen molar-refractivity contribution in [3.63, 3.8) is 0 Å². The third-order valence-corrected chi connectivity index (χ3v) is 7.51. The molecule has 1 fully saturated rings. The van der Waals surface area contributed by atoms with Gasteiger partial charge in [0.15, 0.2) is 16.6 Å². The van der Waals surface area contributed by atoms with Crippen molar-refractivity contribution in [1.29, 1.82) is 0 Å². The van der Waals surface area contributed by atoms with Crippen molar-refractivity contribution in [2.24, 2.45) is 0 Å². The predicted molar refractivity (Wildman–Crippen MR) is 160 cm³/mol. The summed E-state index contributed by atoms with van der Waals surface area (Å²) >= 11 is 27.4. The summed E-state index contributed by atoms with van der Waals surface area (Å²) in [7, 11) is 2.77. The molecule has 0 bridgehead atoms. The number of hydrogen-bond acceptors (Lipinski definition) is 6. The van der Waals surface area contributed by atoms with E-state index in [9.17, 15) is 9.59 Å². The molecule has 1 heterocycles. The Morgan fingerprint density at radius 1 is 1.03 bits per heavy atom. The van der Waals surface area contributed by atoms with Crippen molar-refractivity contribution < 1.29 is 23.8 Å². The minimum atomic E-state index is -0.558. The van der Waals surface area contributed by atoms with E-state index < -0.39 is 11.9 Å². The number of ether oxygens (including phenoxy) is 3. The van der Waals surface area contributed by atoms with Gasteiger partial charge in [-0.15, -0.1) is 0 Å².